The minimum Gasteiger partial charge on any atom is -0.465 e. The Morgan fingerprint density at radius 3 is 2.78 bits per heavy atom. The number of hydrogen-bond acceptors (Lipinski definition) is 4. The minimum atomic E-state index is -0.103. The highest BCUT2D eigenvalue weighted by molar-refractivity contribution is 5.75. The second-order valence-electron chi connectivity index (χ2n) is 5.73. The molecular weight excluding hydrogens is 228 g/mol. The average molecular weight is 254 g/mol. The monoisotopic (exact) mass is 254 g/mol. The van der Waals surface area contributed by atoms with Crippen molar-refractivity contribution in [2.45, 2.75) is 51.6 Å². The summed E-state index contributed by atoms with van der Waals surface area (Å²) in [5.41, 5.74) is 0. The summed E-state index contributed by atoms with van der Waals surface area (Å²) in [6.45, 7) is 8.01. The molecule has 1 heterocycles. The summed E-state index contributed by atoms with van der Waals surface area (Å²) in [6.07, 6.45) is 4.58. The largest absolute Gasteiger partial charge is 0.465 e. The molecule has 18 heavy (non-hydrogen) atoms. The van der Waals surface area contributed by atoms with Gasteiger partial charge in [0.15, 0.2) is 0 Å². The quantitative estimate of drug-likeness (QED) is 0.697. The summed E-state index contributed by atoms with van der Waals surface area (Å²) in [6, 6.07) is 0.449. The molecular formula is C14H26N2O2. The predicted octanol–water partition coefficient (Wildman–Crippen LogP) is 1.40. The zero-order chi connectivity index (χ0) is 13.0. The molecule has 0 aromatic heterocycles. The smallest absolute Gasteiger partial charge is 0.323 e. The lowest BCUT2D eigenvalue weighted by Crippen LogP contribution is -2.41. The van der Waals surface area contributed by atoms with E-state index in [1.807, 2.05) is 6.92 Å². The number of nitrogens with one attached hydrogen (secondary N) is 1. The summed E-state index contributed by atoms with van der Waals surface area (Å²) in [5, 5.41) is 3.41. The van der Waals surface area contributed by atoms with Gasteiger partial charge in [0, 0.05) is 19.1 Å². The maximum absolute atomic E-state index is 11.9. The van der Waals surface area contributed by atoms with E-state index in [-0.39, 0.29) is 12.0 Å². The average Bonchev–Trinajstić information content (AvgIpc) is 3.06. The van der Waals surface area contributed by atoms with Crippen molar-refractivity contribution in [3.05, 3.63) is 0 Å². The molecule has 0 radical (unpaired) electrons. The van der Waals surface area contributed by atoms with Crippen molar-refractivity contribution < 1.29 is 9.53 Å². The van der Waals surface area contributed by atoms with Crippen molar-refractivity contribution in [1.29, 1.82) is 0 Å². The lowest BCUT2D eigenvalue weighted by Gasteiger charge is -2.21. The van der Waals surface area contributed by atoms with E-state index in [0.29, 0.717) is 12.6 Å². The molecule has 4 nitrogen and oxygen atoms in total. The van der Waals surface area contributed by atoms with E-state index in [1.165, 1.54) is 32.4 Å². The maximum atomic E-state index is 11.9. The Balaban J connectivity index is 1.74. The van der Waals surface area contributed by atoms with E-state index in [4.69, 9.17) is 4.74 Å². The molecule has 1 saturated carbocycles. The van der Waals surface area contributed by atoms with E-state index < -0.39 is 0 Å². The number of ether oxygens (including phenoxy) is 1. The molecule has 0 aromatic rings. The number of hydrogen-bond donors (Lipinski definition) is 1. The molecule has 0 bridgehead atoms. The molecule has 1 saturated heterocycles. The van der Waals surface area contributed by atoms with Gasteiger partial charge >= 0.3 is 5.97 Å². The number of nitrogens with zero attached hydrogens (tertiary/aromatic N) is 1. The van der Waals surface area contributed by atoms with Gasteiger partial charge < -0.3 is 15.0 Å². The van der Waals surface area contributed by atoms with Crippen LogP contribution in [0.25, 0.3) is 0 Å². The third-order valence-electron chi connectivity index (χ3n) is 3.83. The van der Waals surface area contributed by atoms with Gasteiger partial charge in [-0.2, -0.15) is 0 Å². The molecule has 2 atom stereocenters. The van der Waals surface area contributed by atoms with Gasteiger partial charge in [-0.1, -0.05) is 6.92 Å². The molecule has 4 heteroatoms. The summed E-state index contributed by atoms with van der Waals surface area (Å²) in [7, 11) is 0. The van der Waals surface area contributed by atoms with Crippen molar-refractivity contribution in [1.82, 2.24) is 10.2 Å². The van der Waals surface area contributed by atoms with Gasteiger partial charge in [-0.25, -0.2) is 0 Å². The molecule has 2 fully saturated rings. The molecule has 1 aliphatic heterocycles. The summed E-state index contributed by atoms with van der Waals surface area (Å²) in [4.78, 5) is 14.3. The van der Waals surface area contributed by atoms with Gasteiger partial charge in [0.05, 0.1) is 6.61 Å². The Bertz CT molecular complexity index is 279. The third kappa shape index (κ3) is 4.25. The van der Waals surface area contributed by atoms with Crippen LogP contribution in [0.2, 0.25) is 0 Å². The first kappa shape index (κ1) is 13.8. The van der Waals surface area contributed by atoms with Crippen molar-refractivity contribution in [3.63, 3.8) is 0 Å². The van der Waals surface area contributed by atoms with Crippen LogP contribution < -0.4 is 5.32 Å². The Morgan fingerprint density at radius 2 is 2.22 bits per heavy atom. The lowest BCUT2D eigenvalue weighted by molar-refractivity contribution is -0.146. The van der Waals surface area contributed by atoms with Gasteiger partial charge in [-0.3, -0.25) is 4.79 Å². The fourth-order valence-electron chi connectivity index (χ4n) is 2.59. The molecule has 0 amide bonds. The van der Waals surface area contributed by atoms with Crippen LogP contribution in [0.4, 0.5) is 0 Å². The predicted molar refractivity (Wildman–Crippen MR) is 71.4 cm³/mol. The number of likely N-dealkylation sites (tertiary alicyclic amines) is 1. The first-order valence-electron chi connectivity index (χ1n) is 7.34. The molecule has 0 aromatic carbocycles. The minimum absolute atomic E-state index is 0.0726. The zero-order valence-corrected chi connectivity index (χ0v) is 11.7. The van der Waals surface area contributed by atoms with Crippen LogP contribution >= 0.6 is 0 Å². The molecule has 2 rings (SSSR count). The topological polar surface area (TPSA) is 41.6 Å². The van der Waals surface area contributed by atoms with Gasteiger partial charge in [-0.05, 0) is 45.1 Å². The van der Waals surface area contributed by atoms with E-state index in [9.17, 15) is 4.79 Å². The molecule has 104 valence electrons. The van der Waals surface area contributed by atoms with E-state index in [0.717, 1.165) is 18.9 Å². The summed E-state index contributed by atoms with van der Waals surface area (Å²) < 4.78 is 5.15. The summed E-state index contributed by atoms with van der Waals surface area (Å²) in [5.74, 6) is 0.735. The molecule has 1 aliphatic carbocycles. The highest BCUT2D eigenvalue weighted by Crippen LogP contribution is 2.21. The summed E-state index contributed by atoms with van der Waals surface area (Å²) >= 11 is 0. The van der Waals surface area contributed by atoms with Gasteiger partial charge in [-0.15, -0.1) is 0 Å². The van der Waals surface area contributed by atoms with Crippen LogP contribution in [0.1, 0.15) is 39.5 Å². The van der Waals surface area contributed by atoms with Crippen molar-refractivity contribution in [2.24, 2.45) is 5.92 Å². The number of rotatable bonds is 7. The van der Waals surface area contributed by atoms with Crippen molar-refractivity contribution in [3.8, 4) is 0 Å². The maximum Gasteiger partial charge on any atom is 0.323 e. The van der Waals surface area contributed by atoms with Crippen molar-refractivity contribution in [2.75, 3.05) is 26.2 Å². The molecule has 2 aliphatic rings. The highest BCUT2D eigenvalue weighted by Gasteiger charge is 2.30. The van der Waals surface area contributed by atoms with E-state index in [2.05, 4.69) is 17.1 Å². The van der Waals surface area contributed by atoms with Crippen LogP contribution in [0.3, 0.4) is 0 Å². The Morgan fingerprint density at radius 1 is 1.44 bits per heavy atom. The normalized spacial score (nSPS) is 26.2. The van der Waals surface area contributed by atoms with Gasteiger partial charge in [0.25, 0.3) is 0 Å². The molecule has 0 spiro atoms. The molecule has 2 unspecified atom stereocenters. The first-order chi connectivity index (χ1) is 8.69. The van der Waals surface area contributed by atoms with E-state index >= 15 is 0 Å². The van der Waals surface area contributed by atoms with Gasteiger partial charge in [0.1, 0.15) is 6.04 Å². The number of esters is 1. The zero-order valence-electron chi connectivity index (χ0n) is 11.7. The first-order valence-corrected chi connectivity index (χ1v) is 7.34. The van der Waals surface area contributed by atoms with E-state index in [1.54, 1.807) is 0 Å². The second-order valence-corrected chi connectivity index (χ2v) is 5.73. The van der Waals surface area contributed by atoms with Crippen LogP contribution in [0, 0.1) is 5.92 Å². The SMILES string of the molecule is CCOC(=O)C(CCN1CCC(C)C1)NC1CC1. The van der Waals surface area contributed by atoms with Crippen LogP contribution in [0.5, 0.6) is 0 Å². The van der Waals surface area contributed by atoms with Crippen LogP contribution in [0.15, 0.2) is 0 Å². The Kier molecular flexibility index (Phi) is 5.01. The lowest BCUT2D eigenvalue weighted by atomic mass is 10.2. The van der Waals surface area contributed by atoms with Gasteiger partial charge in [0.2, 0.25) is 0 Å². The number of carbonyl (C=O) groups is 1. The van der Waals surface area contributed by atoms with Crippen LogP contribution in [-0.4, -0.2) is 49.2 Å². The second kappa shape index (κ2) is 6.53. The molecule has 1 N–H and O–H groups in total. The van der Waals surface area contributed by atoms with Crippen molar-refractivity contribution >= 4 is 5.97 Å². The van der Waals surface area contributed by atoms with Crippen LogP contribution in [-0.2, 0) is 9.53 Å². The fraction of sp³-hybridized carbons (Fsp3) is 0.929. The third-order valence-corrected chi connectivity index (χ3v) is 3.83. The Hall–Kier alpha value is -0.610. The number of carbonyl (C=O) groups excluding carboxylic acids is 1. The Labute approximate surface area is 110 Å². The highest BCUT2D eigenvalue weighted by atomic mass is 16.5. The fourth-order valence-corrected chi connectivity index (χ4v) is 2.59. The standard InChI is InChI=1S/C14H26N2O2/c1-3-18-14(17)13(15-12-4-5-12)7-9-16-8-6-11(2)10-16/h11-13,15H,3-10H2,1-2H3.